The Balaban J connectivity index is 1.83. The highest BCUT2D eigenvalue weighted by atomic mass is 16.5. The summed E-state index contributed by atoms with van der Waals surface area (Å²) >= 11 is 0. The van der Waals surface area contributed by atoms with Crippen molar-refractivity contribution in [3.63, 3.8) is 0 Å². The van der Waals surface area contributed by atoms with Crippen molar-refractivity contribution in [2.45, 2.75) is 78.1 Å². The fraction of sp³-hybridized carbons (Fsp3) is 0.944. The second-order valence-electron chi connectivity index (χ2n) is 6.50. The van der Waals surface area contributed by atoms with Crippen LogP contribution < -0.4 is 0 Å². The molecule has 3 heteroatoms. The van der Waals surface area contributed by atoms with E-state index in [-0.39, 0.29) is 5.97 Å². The van der Waals surface area contributed by atoms with Crippen LogP contribution in [0.5, 0.6) is 0 Å². The maximum absolute atomic E-state index is 10.6. The number of ether oxygens (including phenoxy) is 2. The zero-order valence-electron chi connectivity index (χ0n) is 14.1. The second kappa shape index (κ2) is 12.0. The van der Waals surface area contributed by atoms with Crippen molar-refractivity contribution in [2.75, 3.05) is 19.8 Å². The lowest BCUT2D eigenvalue weighted by atomic mass is 9.80. The van der Waals surface area contributed by atoms with E-state index < -0.39 is 0 Å². The molecule has 0 spiro atoms. The number of hydrogen-bond acceptors (Lipinski definition) is 3. The third kappa shape index (κ3) is 9.89. The molecule has 0 radical (unpaired) electrons. The third-order valence-electron chi connectivity index (χ3n) is 4.51. The zero-order valence-corrected chi connectivity index (χ0v) is 14.1. The highest BCUT2D eigenvalue weighted by Gasteiger charge is 2.20. The first-order chi connectivity index (χ1) is 10.2. The van der Waals surface area contributed by atoms with Gasteiger partial charge in [0, 0.05) is 20.1 Å². The number of esters is 1. The van der Waals surface area contributed by atoms with Crippen LogP contribution in [-0.2, 0) is 14.3 Å². The summed E-state index contributed by atoms with van der Waals surface area (Å²) in [6, 6.07) is 0. The molecule has 0 amide bonds. The van der Waals surface area contributed by atoms with E-state index in [2.05, 4.69) is 6.92 Å². The van der Waals surface area contributed by atoms with E-state index in [1.54, 1.807) is 0 Å². The average Bonchev–Trinajstić information content (AvgIpc) is 2.47. The highest BCUT2D eigenvalue weighted by Crippen LogP contribution is 2.31. The molecule has 0 aromatic carbocycles. The van der Waals surface area contributed by atoms with Gasteiger partial charge in [0.25, 0.3) is 0 Å². The summed E-state index contributed by atoms with van der Waals surface area (Å²) in [6.07, 6.45) is 12.7. The van der Waals surface area contributed by atoms with Gasteiger partial charge < -0.3 is 9.47 Å². The van der Waals surface area contributed by atoms with Gasteiger partial charge in [0.1, 0.15) is 0 Å². The van der Waals surface area contributed by atoms with Gasteiger partial charge >= 0.3 is 5.97 Å². The summed E-state index contributed by atoms with van der Waals surface area (Å²) in [6.45, 7) is 6.18. The molecule has 1 fully saturated rings. The van der Waals surface area contributed by atoms with Gasteiger partial charge in [-0.2, -0.15) is 0 Å². The van der Waals surface area contributed by atoms with Crippen molar-refractivity contribution in [1.29, 1.82) is 0 Å². The Labute approximate surface area is 130 Å². The van der Waals surface area contributed by atoms with Gasteiger partial charge in [0.15, 0.2) is 0 Å². The van der Waals surface area contributed by atoms with Gasteiger partial charge in [-0.05, 0) is 43.9 Å². The van der Waals surface area contributed by atoms with Gasteiger partial charge in [-0.15, -0.1) is 0 Å². The standard InChI is InChI=1S/C18H34O3/c1-3-8-17-9-11-18(12-10-17)15-20-13-6-4-5-7-14-21-16(2)19/h17-18H,3-15H2,1-2H3. The number of carbonyl (C=O) groups excluding carboxylic acids is 1. The summed E-state index contributed by atoms with van der Waals surface area (Å²) < 4.78 is 10.7. The number of unbranched alkanes of at least 4 members (excludes halogenated alkanes) is 3. The third-order valence-corrected chi connectivity index (χ3v) is 4.51. The molecule has 0 aliphatic heterocycles. The minimum atomic E-state index is -0.174. The van der Waals surface area contributed by atoms with Crippen LogP contribution in [0.15, 0.2) is 0 Å². The lowest BCUT2D eigenvalue weighted by molar-refractivity contribution is -0.141. The van der Waals surface area contributed by atoms with Crippen LogP contribution in [0.25, 0.3) is 0 Å². The van der Waals surface area contributed by atoms with Crippen molar-refractivity contribution >= 4 is 5.97 Å². The largest absolute Gasteiger partial charge is 0.466 e. The molecule has 0 bridgehead atoms. The van der Waals surface area contributed by atoms with Crippen LogP contribution in [0, 0.1) is 11.8 Å². The van der Waals surface area contributed by atoms with E-state index in [0.29, 0.717) is 6.61 Å². The molecular formula is C18H34O3. The Morgan fingerprint density at radius 1 is 0.952 bits per heavy atom. The molecule has 1 aliphatic rings. The summed E-state index contributed by atoms with van der Waals surface area (Å²) in [5.41, 5.74) is 0. The van der Waals surface area contributed by atoms with Crippen molar-refractivity contribution in [1.82, 2.24) is 0 Å². The van der Waals surface area contributed by atoms with E-state index >= 15 is 0 Å². The molecule has 0 aromatic rings. The molecule has 0 aromatic heterocycles. The summed E-state index contributed by atoms with van der Waals surface area (Å²) in [4.78, 5) is 10.6. The predicted molar refractivity (Wildman–Crippen MR) is 86.3 cm³/mol. The first-order valence-electron chi connectivity index (χ1n) is 8.93. The molecular weight excluding hydrogens is 264 g/mol. The Morgan fingerprint density at radius 3 is 2.19 bits per heavy atom. The predicted octanol–water partition coefficient (Wildman–Crippen LogP) is 4.73. The monoisotopic (exact) mass is 298 g/mol. The quantitative estimate of drug-likeness (QED) is 0.408. The molecule has 0 N–H and O–H groups in total. The highest BCUT2D eigenvalue weighted by molar-refractivity contribution is 5.65. The van der Waals surface area contributed by atoms with Crippen molar-refractivity contribution in [2.24, 2.45) is 11.8 Å². The second-order valence-corrected chi connectivity index (χ2v) is 6.50. The Kier molecular flexibility index (Phi) is 10.6. The molecule has 1 rings (SSSR count). The first-order valence-corrected chi connectivity index (χ1v) is 8.93. The number of hydrogen-bond donors (Lipinski definition) is 0. The molecule has 0 saturated heterocycles. The smallest absolute Gasteiger partial charge is 0.302 e. The summed E-state index contributed by atoms with van der Waals surface area (Å²) in [7, 11) is 0. The molecule has 0 atom stereocenters. The normalized spacial score (nSPS) is 22.2. The van der Waals surface area contributed by atoms with E-state index in [0.717, 1.165) is 44.3 Å². The number of carbonyl (C=O) groups is 1. The van der Waals surface area contributed by atoms with Crippen molar-refractivity contribution in [3.05, 3.63) is 0 Å². The molecule has 0 unspecified atom stereocenters. The summed E-state index contributed by atoms with van der Waals surface area (Å²) in [5, 5.41) is 0. The molecule has 0 heterocycles. The van der Waals surface area contributed by atoms with Crippen LogP contribution in [0.1, 0.15) is 78.1 Å². The van der Waals surface area contributed by atoms with Gasteiger partial charge in [0.05, 0.1) is 6.61 Å². The van der Waals surface area contributed by atoms with Gasteiger partial charge in [0.2, 0.25) is 0 Å². The van der Waals surface area contributed by atoms with Crippen LogP contribution in [0.4, 0.5) is 0 Å². The lowest BCUT2D eigenvalue weighted by Gasteiger charge is -2.28. The van der Waals surface area contributed by atoms with E-state index in [1.807, 2.05) is 0 Å². The van der Waals surface area contributed by atoms with E-state index in [1.165, 1.54) is 51.9 Å². The Morgan fingerprint density at radius 2 is 1.57 bits per heavy atom. The minimum Gasteiger partial charge on any atom is -0.466 e. The molecule has 124 valence electrons. The molecule has 1 saturated carbocycles. The van der Waals surface area contributed by atoms with Gasteiger partial charge in [-0.1, -0.05) is 39.0 Å². The van der Waals surface area contributed by atoms with Gasteiger partial charge in [-0.25, -0.2) is 0 Å². The van der Waals surface area contributed by atoms with Crippen LogP contribution >= 0.6 is 0 Å². The maximum Gasteiger partial charge on any atom is 0.302 e. The zero-order chi connectivity index (χ0) is 15.3. The summed E-state index contributed by atoms with van der Waals surface area (Å²) in [5.74, 6) is 1.62. The Hall–Kier alpha value is -0.570. The van der Waals surface area contributed by atoms with Crippen LogP contribution in [0.2, 0.25) is 0 Å². The average molecular weight is 298 g/mol. The van der Waals surface area contributed by atoms with Crippen LogP contribution in [0.3, 0.4) is 0 Å². The maximum atomic E-state index is 10.6. The van der Waals surface area contributed by atoms with E-state index in [4.69, 9.17) is 9.47 Å². The van der Waals surface area contributed by atoms with Crippen molar-refractivity contribution < 1.29 is 14.3 Å². The fourth-order valence-corrected chi connectivity index (χ4v) is 3.22. The fourth-order valence-electron chi connectivity index (χ4n) is 3.22. The molecule has 3 nitrogen and oxygen atoms in total. The van der Waals surface area contributed by atoms with E-state index in [9.17, 15) is 4.79 Å². The number of rotatable bonds is 11. The minimum absolute atomic E-state index is 0.174. The topological polar surface area (TPSA) is 35.5 Å². The lowest BCUT2D eigenvalue weighted by Crippen LogP contribution is -2.19. The molecule has 1 aliphatic carbocycles. The van der Waals surface area contributed by atoms with Gasteiger partial charge in [-0.3, -0.25) is 4.79 Å². The molecule has 21 heavy (non-hydrogen) atoms. The Bertz CT molecular complexity index is 257. The first kappa shape index (κ1) is 18.5. The van der Waals surface area contributed by atoms with Crippen molar-refractivity contribution in [3.8, 4) is 0 Å². The van der Waals surface area contributed by atoms with Crippen LogP contribution in [-0.4, -0.2) is 25.8 Å². The SMILES string of the molecule is CCCC1CCC(COCCCCCCOC(C)=O)CC1.